The van der Waals surface area contributed by atoms with E-state index in [0.29, 0.717) is 25.4 Å². The lowest BCUT2D eigenvalue weighted by molar-refractivity contribution is -0.128. The van der Waals surface area contributed by atoms with Crippen molar-refractivity contribution < 1.29 is 4.79 Å². The summed E-state index contributed by atoms with van der Waals surface area (Å²) in [6.45, 7) is 7.68. The van der Waals surface area contributed by atoms with Gasteiger partial charge in [0.2, 0.25) is 5.91 Å². The lowest BCUT2D eigenvalue weighted by Gasteiger charge is -2.20. The van der Waals surface area contributed by atoms with Gasteiger partial charge < -0.3 is 15.5 Å². The van der Waals surface area contributed by atoms with Gasteiger partial charge >= 0.3 is 0 Å². The molecule has 0 bridgehead atoms. The summed E-state index contributed by atoms with van der Waals surface area (Å²) in [5, 5.41) is 6.82. The van der Waals surface area contributed by atoms with Crippen molar-refractivity contribution in [1.29, 1.82) is 0 Å². The number of nitrogens with one attached hydrogen (secondary N) is 2. The SMILES string of the molecule is CCC(CC)CNC(=NC)NCc1ccccc1CN1CCCC1=O.I. The van der Waals surface area contributed by atoms with E-state index in [4.69, 9.17) is 0 Å². The molecule has 1 saturated heterocycles. The van der Waals surface area contributed by atoms with Gasteiger partial charge in [-0.05, 0) is 23.5 Å². The number of hydrogen-bond acceptors (Lipinski definition) is 2. The molecule has 1 aliphatic heterocycles. The highest BCUT2D eigenvalue weighted by Crippen LogP contribution is 2.17. The minimum Gasteiger partial charge on any atom is -0.356 e. The molecule has 2 N–H and O–H groups in total. The van der Waals surface area contributed by atoms with Crippen LogP contribution in [0.1, 0.15) is 50.7 Å². The summed E-state index contributed by atoms with van der Waals surface area (Å²) in [6, 6.07) is 8.33. The van der Waals surface area contributed by atoms with Gasteiger partial charge in [-0.3, -0.25) is 9.79 Å². The third kappa shape index (κ3) is 6.78. The van der Waals surface area contributed by atoms with Crippen molar-refractivity contribution in [3.05, 3.63) is 35.4 Å². The summed E-state index contributed by atoms with van der Waals surface area (Å²) >= 11 is 0. The van der Waals surface area contributed by atoms with Gasteiger partial charge in [0.15, 0.2) is 5.96 Å². The van der Waals surface area contributed by atoms with Gasteiger partial charge in [0, 0.05) is 39.6 Å². The lowest BCUT2D eigenvalue weighted by atomic mass is 10.0. The van der Waals surface area contributed by atoms with Crippen LogP contribution in [0.3, 0.4) is 0 Å². The molecular weight excluding hydrogens is 439 g/mol. The fourth-order valence-corrected chi connectivity index (χ4v) is 3.18. The molecule has 0 unspecified atom stereocenters. The maximum absolute atomic E-state index is 11.9. The third-order valence-electron chi connectivity index (χ3n) is 5.03. The van der Waals surface area contributed by atoms with E-state index in [9.17, 15) is 4.79 Å². The summed E-state index contributed by atoms with van der Waals surface area (Å²) in [7, 11) is 1.80. The Hall–Kier alpha value is -1.31. The van der Waals surface area contributed by atoms with Crippen LogP contribution >= 0.6 is 24.0 Å². The van der Waals surface area contributed by atoms with Crippen LogP contribution < -0.4 is 10.6 Å². The smallest absolute Gasteiger partial charge is 0.222 e. The van der Waals surface area contributed by atoms with Gasteiger partial charge in [-0.1, -0.05) is 51.0 Å². The van der Waals surface area contributed by atoms with Crippen molar-refractivity contribution in [2.45, 2.75) is 52.6 Å². The topological polar surface area (TPSA) is 56.7 Å². The fraction of sp³-hybridized carbons (Fsp3) is 0.600. The zero-order chi connectivity index (χ0) is 18.1. The second-order valence-electron chi connectivity index (χ2n) is 6.68. The van der Waals surface area contributed by atoms with E-state index in [1.54, 1.807) is 7.05 Å². The number of guanidine groups is 1. The molecule has 1 fully saturated rings. The molecule has 1 heterocycles. The van der Waals surface area contributed by atoms with Crippen LogP contribution in [0, 0.1) is 5.92 Å². The maximum atomic E-state index is 11.9. The summed E-state index contributed by atoms with van der Waals surface area (Å²) in [5.41, 5.74) is 2.42. The summed E-state index contributed by atoms with van der Waals surface area (Å²) < 4.78 is 0. The molecule has 26 heavy (non-hydrogen) atoms. The van der Waals surface area contributed by atoms with E-state index in [-0.39, 0.29) is 29.9 Å². The molecule has 6 heteroatoms. The molecule has 1 aromatic carbocycles. The number of hydrogen-bond donors (Lipinski definition) is 2. The Morgan fingerprint density at radius 3 is 2.46 bits per heavy atom. The molecule has 1 aliphatic rings. The van der Waals surface area contributed by atoms with Gasteiger partial charge in [-0.15, -0.1) is 24.0 Å². The quantitative estimate of drug-likeness (QED) is 0.346. The molecule has 1 amide bonds. The fourth-order valence-electron chi connectivity index (χ4n) is 3.18. The monoisotopic (exact) mass is 472 g/mol. The van der Waals surface area contributed by atoms with E-state index in [1.807, 2.05) is 17.0 Å². The van der Waals surface area contributed by atoms with Gasteiger partial charge in [0.05, 0.1) is 0 Å². The molecule has 0 spiro atoms. The number of amides is 1. The number of likely N-dealkylation sites (tertiary alicyclic amines) is 1. The van der Waals surface area contributed by atoms with Crippen molar-refractivity contribution in [2.24, 2.45) is 10.9 Å². The Balaban J connectivity index is 0.00000338. The average molecular weight is 472 g/mol. The molecule has 0 radical (unpaired) electrons. The van der Waals surface area contributed by atoms with Crippen molar-refractivity contribution in [2.75, 3.05) is 20.1 Å². The largest absolute Gasteiger partial charge is 0.356 e. The maximum Gasteiger partial charge on any atom is 0.222 e. The zero-order valence-electron chi connectivity index (χ0n) is 16.3. The minimum absolute atomic E-state index is 0. The molecule has 0 aromatic heterocycles. The molecule has 0 atom stereocenters. The van der Waals surface area contributed by atoms with Crippen molar-refractivity contribution in [3.8, 4) is 0 Å². The Morgan fingerprint density at radius 1 is 1.19 bits per heavy atom. The van der Waals surface area contributed by atoms with E-state index >= 15 is 0 Å². The highest BCUT2D eigenvalue weighted by Gasteiger charge is 2.20. The van der Waals surface area contributed by atoms with Crippen molar-refractivity contribution in [3.63, 3.8) is 0 Å². The average Bonchev–Trinajstić information content (AvgIpc) is 3.04. The number of benzene rings is 1. The first kappa shape index (κ1) is 22.7. The molecule has 146 valence electrons. The Bertz CT molecular complexity index is 587. The number of carbonyl (C=O) groups is 1. The van der Waals surface area contributed by atoms with E-state index < -0.39 is 0 Å². The Morgan fingerprint density at radius 2 is 1.88 bits per heavy atom. The second-order valence-corrected chi connectivity index (χ2v) is 6.68. The molecule has 0 saturated carbocycles. The Kier molecular flexibility index (Phi) is 10.6. The third-order valence-corrected chi connectivity index (χ3v) is 5.03. The normalized spacial score (nSPS) is 14.5. The first-order valence-corrected chi connectivity index (χ1v) is 9.47. The van der Waals surface area contributed by atoms with Crippen LogP contribution in [0.15, 0.2) is 29.3 Å². The number of aliphatic imine (C=N–C) groups is 1. The predicted octanol–water partition coefficient (Wildman–Crippen LogP) is 3.53. The predicted molar refractivity (Wildman–Crippen MR) is 119 cm³/mol. The molecular formula is C20H33IN4O. The van der Waals surface area contributed by atoms with Crippen LogP contribution in [0.25, 0.3) is 0 Å². The number of nitrogens with zero attached hydrogens (tertiary/aromatic N) is 2. The first-order valence-electron chi connectivity index (χ1n) is 9.47. The van der Waals surface area contributed by atoms with Crippen LogP contribution in [0.4, 0.5) is 0 Å². The molecule has 2 rings (SSSR count). The molecule has 5 nitrogen and oxygen atoms in total. The van der Waals surface area contributed by atoms with Gasteiger partial charge in [-0.2, -0.15) is 0 Å². The Labute approximate surface area is 175 Å². The highest BCUT2D eigenvalue weighted by atomic mass is 127. The molecule has 0 aliphatic carbocycles. The number of halogens is 1. The summed E-state index contributed by atoms with van der Waals surface area (Å²) in [6.07, 6.45) is 4.01. The molecule has 1 aromatic rings. The van der Waals surface area contributed by atoms with Crippen LogP contribution in [0.2, 0.25) is 0 Å². The van der Waals surface area contributed by atoms with Crippen molar-refractivity contribution >= 4 is 35.8 Å². The summed E-state index contributed by atoms with van der Waals surface area (Å²) in [5.74, 6) is 1.77. The van der Waals surface area contributed by atoms with E-state index in [2.05, 4.69) is 41.6 Å². The number of rotatable bonds is 8. The van der Waals surface area contributed by atoms with Crippen LogP contribution in [-0.4, -0.2) is 36.9 Å². The first-order chi connectivity index (χ1) is 12.2. The van der Waals surface area contributed by atoms with Gasteiger partial charge in [0.25, 0.3) is 0 Å². The van der Waals surface area contributed by atoms with Gasteiger partial charge in [0.1, 0.15) is 0 Å². The van der Waals surface area contributed by atoms with E-state index in [1.165, 1.54) is 24.0 Å². The number of carbonyl (C=O) groups excluding carboxylic acids is 1. The van der Waals surface area contributed by atoms with Crippen molar-refractivity contribution in [1.82, 2.24) is 15.5 Å². The minimum atomic E-state index is 0. The highest BCUT2D eigenvalue weighted by molar-refractivity contribution is 14.0. The van der Waals surface area contributed by atoms with Crippen LogP contribution in [-0.2, 0) is 17.9 Å². The summed E-state index contributed by atoms with van der Waals surface area (Å²) in [4.78, 5) is 18.2. The van der Waals surface area contributed by atoms with Crippen LogP contribution in [0.5, 0.6) is 0 Å². The zero-order valence-corrected chi connectivity index (χ0v) is 18.6. The standard InChI is InChI=1S/C20H32N4O.HI/c1-4-16(5-2)13-22-20(21-3)23-14-17-9-6-7-10-18(17)15-24-12-8-11-19(24)25;/h6-7,9-10,16H,4-5,8,11-15H2,1-3H3,(H2,21,22,23);1H. The van der Waals surface area contributed by atoms with Gasteiger partial charge in [-0.25, -0.2) is 0 Å². The second kappa shape index (κ2) is 12.1. The lowest BCUT2D eigenvalue weighted by Crippen LogP contribution is -2.39. The van der Waals surface area contributed by atoms with E-state index in [0.717, 1.165) is 25.5 Å².